The van der Waals surface area contributed by atoms with E-state index in [2.05, 4.69) is 18.4 Å². The summed E-state index contributed by atoms with van der Waals surface area (Å²) in [5, 5.41) is 0. The molecule has 0 heterocycles. The highest BCUT2D eigenvalue weighted by atomic mass is 17.2. The molecule has 0 saturated carbocycles. The zero-order valence-electron chi connectivity index (χ0n) is 17.6. The van der Waals surface area contributed by atoms with Gasteiger partial charge in [-0.05, 0) is 13.3 Å². The van der Waals surface area contributed by atoms with Crippen LogP contribution in [-0.2, 0) is 14.6 Å². The smallest absolute Gasteiger partial charge is 0.293 e. The van der Waals surface area contributed by atoms with Crippen LogP contribution >= 0.6 is 0 Å². The number of carbonyl (C=O) groups is 1. The molecule has 26 heavy (non-hydrogen) atoms. The van der Waals surface area contributed by atoms with Crippen molar-refractivity contribution < 1.29 is 14.6 Å². The summed E-state index contributed by atoms with van der Waals surface area (Å²) in [6, 6.07) is 0. The monoisotopic (exact) mass is 368 g/mol. The lowest BCUT2D eigenvalue weighted by Gasteiger charge is -2.10. The Morgan fingerprint density at radius 3 is 1.54 bits per heavy atom. The molecule has 0 aliphatic carbocycles. The molecule has 3 heteroatoms. The molecule has 1 unspecified atom stereocenters. The second-order valence-corrected chi connectivity index (χ2v) is 7.61. The fourth-order valence-electron chi connectivity index (χ4n) is 3.19. The molecule has 0 fully saturated rings. The Balaban J connectivity index is 3.13. The van der Waals surface area contributed by atoms with Crippen molar-refractivity contribution in [1.29, 1.82) is 0 Å². The maximum atomic E-state index is 10.9. The molecule has 0 amide bonds. The van der Waals surface area contributed by atoms with Gasteiger partial charge in [-0.15, -0.1) is 0 Å². The van der Waals surface area contributed by atoms with Crippen LogP contribution in [-0.4, -0.2) is 12.1 Å². The number of hydrogen-bond donors (Lipinski definition) is 0. The summed E-state index contributed by atoms with van der Waals surface area (Å²) in [5.41, 5.74) is 0. The number of hydrogen-bond acceptors (Lipinski definition) is 3. The van der Waals surface area contributed by atoms with E-state index < -0.39 is 5.97 Å². The molecule has 0 aromatic carbocycles. The molecule has 0 spiro atoms. The molecule has 0 N–H and O–H groups in total. The minimum atomic E-state index is -0.524. The van der Waals surface area contributed by atoms with Crippen LogP contribution in [0.15, 0.2) is 12.7 Å². The third kappa shape index (κ3) is 19.5. The largest absolute Gasteiger partial charge is 0.365 e. The van der Waals surface area contributed by atoms with Gasteiger partial charge in [0.1, 0.15) is 6.10 Å². The summed E-state index contributed by atoms with van der Waals surface area (Å²) in [4.78, 5) is 20.4. The van der Waals surface area contributed by atoms with E-state index in [1.54, 1.807) is 0 Å². The number of rotatable bonds is 20. The van der Waals surface area contributed by atoms with Crippen molar-refractivity contribution in [2.45, 2.75) is 129 Å². The van der Waals surface area contributed by atoms with Crippen LogP contribution in [0.3, 0.4) is 0 Å². The van der Waals surface area contributed by atoms with Gasteiger partial charge in [0.2, 0.25) is 0 Å². The van der Waals surface area contributed by atoms with Crippen molar-refractivity contribution in [2.75, 3.05) is 0 Å². The lowest BCUT2D eigenvalue weighted by Crippen LogP contribution is -2.11. The molecular weight excluding hydrogens is 324 g/mol. The van der Waals surface area contributed by atoms with E-state index in [9.17, 15) is 4.79 Å². The maximum absolute atomic E-state index is 10.9. The summed E-state index contributed by atoms with van der Waals surface area (Å²) in [5.74, 6) is -0.524. The number of carbonyl (C=O) groups excluding carboxylic acids is 1. The Morgan fingerprint density at radius 1 is 0.769 bits per heavy atom. The van der Waals surface area contributed by atoms with Crippen LogP contribution in [0.2, 0.25) is 0 Å². The van der Waals surface area contributed by atoms with E-state index in [0.717, 1.165) is 18.9 Å². The molecule has 154 valence electrons. The normalized spacial score (nSPS) is 12.1. The van der Waals surface area contributed by atoms with Gasteiger partial charge in [0.25, 0.3) is 0 Å². The molecule has 3 nitrogen and oxygen atoms in total. The summed E-state index contributed by atoms with van der Waals surface area (Å²) in [7, 11) is 0. The van der Waals surface area contributed by atoms with E-state index in [4.69, 9.17) is 4.89 Å². The first kappa shape index (κ1) is 25.2. The van der Waals surface area contributed by atoms with Crippen LogP contribution in [0.1, 0.15) is 123 Å². The summed E-state index contributed by atoms with van der Waals surface area (Å²) in [6.45, 7) is 7.54. The Labute approximate surface area is 162 Å². The zero-order valence-corrected chi connectivity index (χ0v) is 17.6. The Kier molecular flexibility index (Phi) is 19.8. The van der Waals surface area contributed by atoms with Crippen LogP contribution in [0.4, 0.5) is 0 Å². The molecule has 0 aliphatic rings. The predicted molar refractivity (Wildman–Crippen MR) is 111 cm³/mol. The fraction of sp³-hybridized carbons (Fsp3) is 0.870. The van der Waals surface area contributed by atoms with Crippen molar-refractivity contribution in [3.8, 4) is 0 Å². The molecule has 0 aromatic rings. The van der Waals surface area contributed by atoms with E-state index >= 15 is 0 Å². The minimum Gasteiger partial charge on any atom is -0.293 e. The fourth-order valence-corrected chi connectivity index (χ4v) is 3.19. The molecule has 0 aliphatic heterocycles. The molecular formula is C23H44O3. The molecule has 1 atom stereocenters. The molecule has 0 bridgehead atoms. The predicted octanol–water partition coefficient (Wildman–Crippen LogP) is 7.69. The molecule has 0 aromatic heterocycles. The zero-order chi connectivity index (χ0) is 19.3. The van der Waals surface area contributed by atoms with Crippen molar-refractivity contribution in [3.63, 3.8) is 0 Å². The standard InChI is InChI=1S/C23H44O3/c1-4-6-7-8-9-10-11-12-13-14-15-16-17-18-19-20-21-22(3)25-26-23(24)5-2/h5,22H,2,4,6-21H2,1,3H3. The highest BCUT2D eigenvalue weighted by Crippen LogP contribution is 2.14. The Morgan fingerprint density at radius 2 is 1.15 bits per heavy atom. The third-order valence-electron chi connectivity index (χ3n) is 4.93. The third-order valence-corrected chi connectivity index (χ3v) is 4.93. The first-order valence-electron chi connectivity index (χ1n) is 11.2. The van der Waals surface area contributed by atoms with E-state index in [0.29, 0.717) is 0 Å². The van der Waals surface area contributed by atoms with Crippen molar-refractivity contribution in [2.24, 2.45) is 0 Å². The lowest BCUT2D eigenvalue weighted by molar-refractivity contribution is -0.291. The lowest BCUT2D eigenvalue weighted by atomic mass is 10.0. The summed E-state index contributed by atoms with van der Waals surface area (Å²) < 4.78 is 0. The van der Waals surface area contributed by atoms with E-state index in [1.807, 2.05) is 6.92 Å². The first-order valence-corrected chi connectivity index (χ1v) is 11.2. The molecule has 0 rings (SSSR count). The van der Waals surface area contributed by atoms with Gasteiger partial charge >= 0.3 is 5.97 Å². The molecule has 0 radical (unpaired) electrons. The second kappa shape index (κ2) is 20.5. The Bertz CT molecular complexity index is 315. The summed E-state index contributed by atoms with van der Waals surface area (Å²) in [6.07, 6.45) is 24.0. The summed E-state index contributed by atoms with van der Waals surface area (Å²) >= 11 is 0. The SMILES string of the molecule is C=CC(=O)OOC(C)CCCCCCCCCCCCCCCCCC. The Hall–Kier alpha value is -0.830. The quantitative estimate of drug-likeness (QED) is 0.0956. The number of unbranched alkanes of at least 4 members (excludes halogenated alkanes) is 15. The minimum absolute atomic E-state index is 0.0365. The van der Waals surface area contributed by atoms with Gasteiger partial charge in [-0.25, -0.2) is 4.79 Å². The second-order valence-electron chi connectivity index (χ2n) is 7.61. The van der Waals surface area contributed by atoms with Crippen molar-refractivity contribution in [1.82, 2.24) is 0 Å². The highest BCUT2D eigenvalue weighted by molar-refractivity contribution is 5.80. The van der Waals surface area contributed by atoms with Gasteiger partial charge < -0.3 is 0 Å². The van der Waals surface area contributed by atoms with Gasteiger partial charge in [-0.1, -0.05) is 116 Å². The van der Waals surface area contributed by atoms with Gasteiger partial charge in [0.05, 0.1) is 0 Å². The van der Waals surface area contributed by atoms with Crippen molar-refractivity contribution in [3.05, 3.63) is 12.7 Å². The highest BCUT2D eigenvalue weighted by Gasteiger charge is 2.05. The van der Waals surface area contributed by atoms with Crippen LogP contribution in [0, 0.1) is 0 Å². The average molecular weight is 369 g/mol. The van der Waals surface area contributed by atoms with E-state index in [1.165, 1.54) is 96.3 Å². The van der Waals surface area contributed by atoms with E-state index in [-0.39, 0.29) is 6.10 Å². The van der Waals surface area contributed by atoms with Crippen LogP contribution in [0.5, 0.6) is 0 Å². The van der Waals surface area contributed by atoms with Gasteiger partial charge in [-0.3, -0.25) is 4.89 Å². The average Bonchev–Trinajstić information content (AvgIpc) is 2.65. The first-order chi connectivity index (χ1) is 12.7. The van der Waals surface area contributed by atoms with Crippen LogP contribution < -0.4 is 0 Å². The molecule has 0 saturated heterocycles. The van der Waals surface area contributed by atoms with Gasteiger partial charge in [0.15, 0.2) is 0 Å². The van der Waals surface area contributed by atoms with Crippen LogP contribution in [0.25, 0.3) is 0 Å². The van der Waals surface area contributed by atoms with Gasteiger partial charge in [-0.2, -0.15) is 4.89 Å². The topological polar surface area (TPSA) is 35.5 Å². The maximum Gasteiger partial charge on any atom is 0.365 e. The van der Waals surface area contributed by atoms with Gasteiger partial charge in [0, 0.05) is 6.08 Å². The van der Waals surface area contributed by atoms with Crippen molar-refractivity contribution >= 4 is 5.97 Å².